The quantitative estimate of drug-likeness (QED) is 0.775. The highest BCUT2D eigenvalue weighted by molar-refractivity contribution is 5.81. The maximum atomic E-state index is 12.1. The molecule has 126 valence electrons. The number of ether oxygens (including phenoxy) is 1. The second kappa shape index (κ2) is 7.95. The second-order valence-electron chi connectivity index (χ2n) is 5.71. The van der Waals surface area contributed by atoms with Crippen molar-refractivity contribution in [3.8, 4) is 0 Å². The molecule has 1 fully saturated rings. The Hall–Kier alpha value is -0.860. The summed E-state index contributed by atoms with van der Waals surface area (Å²) in [5, 5.41) is 16.2. The van der Waals surface area contributed by atoms with E-state index in [-0.39, 0.29) is 18.6 Å². The molecule has 0 aromatic heterocycles. The topological polar surface area (TPSA) is 70.0 Å². The molecule has 1 amide bonds. The first kappa shape index (κ1) is 20.1. The molecule has 1 heterocycles. The largest absolute Gasteiger partial charge is 0.471 e. The van der Waals surface area contributed by atoms with Gasteiger partial charge in [-0.2, -0.15) is 13.2 Å². The van der Waals surface area contributed by atoms with E-state index < -0.39 is 17.9 Å². The number of aliphatic hydroxyl groups is 2. The average Bonchev–Trinajstić information content (AvgIpc) is 2.77. The van der Waals surface area contributed by atoms with Crippen LogP contribution in [0.1, 0.15) is 33.6 Å². The van der Waals surface area contributed by atoms with Crippen molar-refractivity contribution in [1.29, 1.82) is 0 Å². The van der Waals surface area contributed by atoms with Crippen molar-refractivity contribution in [2.45, 2.75) is 51.7 Å². The SMILES string of the molecule is CC(C)(O)O.CC(CN(C)C(=O)C(F)(F)F)C1CCCO1. The Balaban J connectivity index is 0.000000690. The predicted octanol–water partition coefficient (Wildman–Crippen LogP) is 1.53. The standard InChI is InChI=1S/C10H16F3NO2.C3H8O2/c1-7(8-4-3-5-16-8)6-14(2)9(15)10(11,12)13;1-3(2,4)5/h7-8H,3-6H2,1-2H3;4-5H,1-2H3. The van der Waals surface area contributed by atoms with Gasteiger partial charge in [0.25, 0.3) is 0 Å². The molecule has 1 aliphatic rings. The molecule has 0 spiro atoms. The van der Waals surface area contributed by atoms with Crippen molar-refractivity contribution >= 4 is 5.91 Å². The summed E-state index contributed by atoms with van der Waals surface area (Å²) in [7, 11) is 1.17. The Bertz CT molecular complexity index is 316. The molecule has 0 radical (unpaired) electrons. The number of carbonyl (C=O) groups is 1. The average molecular weight is 315 g/mol. The van der Waals surface area contributed by atoms with Crippen molar-refractivity contribution in [3.63, 3.8) is 0 Å². The van der Waals surface area contributed by atoms with Crippen LogP contribution in [-0.4, -0.2) is 59.3 Å². The molecule has 2 N–H and O–H groups in total. The zero-order valence-corrected chi connectivity index (χ0v) is 12.8. The minimum atomic E-state index is -4.79. The van der Waals surface area contributed by atoms with E-state index >= 15 is 0 Å². The fraction of sp³-hybridized carbons (Fsp3) is 0.923. The summed E-state index contributed by atoms with van der Waals surface area (Å²) in [5.41, 5.74) is 0. The molecule has 8 heteroatoms. The van der Waals surface area contributed by atoms with Gasteiger partial charge in [-0.15, -0.1) is 0 Å². The lowest BCUT2D eigenvalue weighted by Gasteiger charge is -2.25. The lowest BCUT2D eigenvalue weighted by molar-refractivity contribution is -0.184. The summed E-state index contributed by atoms with van der Waals surface area (Å²) in [6.07, 6.45) is -3.02. The van der Waals surface area contributed by atoms with Gasteiger partial charge in [0.1, 0.15) is 0 Å². The fourth-order valence-electron chi connectivity index (χ4n) is 1.90. The Morgan fingerprint density at radius 2 is 1.86 bits per heavy atom. The summed E-state index contributed by atoms with van der Waals surface area (Å²) in [4.78, 5) is 11.6. The van der Waals surface area contributed by atoms with Crippen LogP contribution in [0.2, 0.25) is 0 Å². The lowest BCUT2D eigenvalue weighted by atomic mass is 10.0. The monoisotopic (exact) mass is 315 g/mol. The normalized spacial score (nSPS) is 20.5. The summed E-state index contributed by atoms with van der Waals surface area (Å²) in [5.74, 6) is -3.36. The van der Waals surface area contributed by atoms with Crippen LogP contribution < -0.4 is 0 Å². The van der Waals surface area contributed by atoms with E-state index in [1.165, 1.54) is 20.9 Å². The molecule has 0 aromatic carbocycles. The van der Waals surface area contributed by atoms with Gasteiger partial charge in [0.05, 0.1) is 6.10 Å². The van der Waals surface area contributed by atoms with Gasteiger partial charge in [0.15, 0.2) is 5.79 Å². The van der Waals surface area contributed by atoms with Gasteiger partial charge in [-0.05, 0) is 32.6 Å². The van der Waals surface area contributed by atoms with Crippen molar-refractivity contribution in [2.75, 3.05) is 20.2 Å². The van der Waals surface area contributed by atoms with E-state index in [9.17, 15) is 18.0 Å². The van der Waals surface area contributed by atoms with Crippen LogP contribution in [0.4, 0.5) is 13.2 Å². The Kier molecular flexibility index (Phi) is 7.63. The third-order valence-corrected chi connectivity index (χ3v) is 2.75. The van der Waals surface area contributed by atoms with E-state index in [4.69, 9.17) is 14.9 Å². The Morgan fingerprint density at radius 1 is 1.38 bits per heavy atom. The highest BCUT2D eigenvalue weighted by Crippen LogP contribution is 2.23. The van der Waals surface area contributed by atoms with Gasteiger partial charge in [-0.3, -0.25) is 4.79 Å². The number of rotatable bonds is 3. The van der Waals surface area contributed by atoms with Gasteiger partial charge in [-0.25, -0.2) is 0 Å². The van der Waals surface area contributed by atoms with E-state index in [0.29, 0.717) is 11.5 Å². The van der Waals surface area contributed by atoms with Crippen LogP contribution in [-0.2, 0) is 9.53 Å². The number of hydrogen-bond acceptors (Lipinski definition) is 4. The molecule has 1 saturated heterocycles. The zero-order valence-electron chi connectivity index (χ0n) is 12.8. The lowest BCUT2D eigenvalue weighted by Crippen LogP contribution is -2.42. The molecular weight excluding hydrogens is 291 g/mol. The van der Waals surface area contributed by atoms with Gasteiger partial charge >= 0.3 is 12.1 Å². The smallest absolute Gasteiger partial charge is 0.378 e. The van der Waals surface area contributed by atoms with Gasteiger partial charge in [0.2, 0.25) is 0 Å². The first-order valence-electron chi connectivity index (χ1n) is 6.71. The summed E-state index contributed by atoms with van der Waals surface area (Å²) in [6.45, 7) is 5.13. The van der Waals surface area contributed by atoms with Crippen LogP contribution in [0, 0.1) is 5.92 Å². The number of hydrogen-bond donors (Lipinski definition) is 2. The minimum absolute atomic E-state index is 0.0246. The highest BCUT2D eigenvalue weighted by atomic mass is 19.4. The van der Waals surface area contributed by atoms with Crippen molar-refractivity contribution in [1.82, 2.24) is 4.90 Å². The van der Waals surface area contributed by atoms with Crippen molar-refractivity contribution in [3.05, 3.63) is 0 Å². The van der Waals surface area contributed by atoms with Crippen LogP contribution in [0.25, 0.3) is 0 Å². The molecule has 2 atom stereocenters. The molecule has 5 nitrogen and oxygen atoms in total. The van der Waals surface area contributed by atoms with Crippen molar-refractivity contribution in [2.24, 2.45) is 5.92 Å². The van der Waals surface area contributed by atoms with Crippen LogP contribution in [0.5, 0.6) is 0 Å². The maximum absolute atomic E-state index is 12.1. The first-order valence-corrected chi connectivity index (χ1v) is 6.71. The molecule has 21 heavy (non-hydrogen) atoms. The van der Waals surface area contributed by atoms with E-state index in [1.807, 2.05) is 0 Å². The van der Waals surface area contributed by atoms with Gasteiger partial charge < -0.3 is 19.8 Å². The zero-order chi connectivity index (χ0) is 16.8. The third kappa shape index (κ3) is 9.65. The number of halogens is 3. The van der Waals surface area contributed by atoms with Gasteiger partial charge in [-0.1, -0.05) is 6.92 Å². The number of nitrogens with zero attached hydrogens (tertiary/aromatic N) is 1. The minimum Gasteiger partial charge on any atom is -0.378 e. The van der Waals surface area contributed by atoms with Crippen LogP contribution in [0.3, 0.4) is 0 Å². The first-order chi connectivity index (χ1) is 9.32. The van der Waals surface area contributed by atoms with Crippen LogP contribution in [0.15, 0.2) is 0 Å². The van der Waals surface area contributed by atoms with Gasteiger partial charge in [0, 0.05) is 20.2 Å². The Morgan fingerprint density at radius 3 is 2.19 bits per heavy atom. The van der Waals surface area contributed by atoms with E-state index in [0.717, 1.165) is 12.8 Å². The highest BCUT2D eigenvalue weighted by Gasteiger charge is 2.41. The summed E-state index contributed by atoms with van der Waals surface area (Å²) in [6, 6.07) is 0. The molecular formula is C13H24F3NO4. The number of amides is 1. The molecule has 0 bridgehead atoms. The molecule has 1 rings (SSSR count). The Labute approximate surface area is 122 Å². The molecule has 0 aliphatic carbocycles. The third-order valence-electron chi connectivity index (χ3n) is 2.75. The molecule has 0 aromatic rings. The molecule has 2 unspecified atom stereocenters. The maximum Gasteiger partial charge on any atom is 0.471 e. The number of alkyl halides is 3. The molecule has 1 aliphatic heterocycles. The van der Waals surface area contributed by atoms with Crippen molar-refractivity contribution < 1.29 is 32.9 Å². The fourth-order valence-corrected chi connectivity index (χ4v) is 1.90. The molecule has 0 saturated carbocycles. The number of carbonyl (C=O) groups excluding carboxylic acids is 1. The van der Waals surface area contributed by atoms with E-state index in [1.54, 1.807) is 6.92 Å². The van der Waals surface area contributed by atoms with E-state index in [2.05, 4.69) is 0 Å². The predicted molar refractivity (Wildman–Crippen MR) is 70.3 cm³/mol. The summed E-state index contributed by atoms with van der Waals surface area (Å²) >= 11 is 0. The second-order valence-corrected chi connectivity index (χ2v) is 5.71. The summed E-state index contributed by atoms with van der Waals surface area (Å²) < 4.78 is 41.7. The van der Waals surface area contributed by atoms with Crippen LogP contribution >= 0.6 is 0 Å².